The van der Waals surface area contributed by atoms with Gasteiger partial charge in [-0.1, -0.05) is 43.3 Å². The summed E-state index contributed by atoms with van der Waals surface area (Å²) in [5.41, 5.74) is 5.22. The first-order valence-corrected chi connectivity index (χ1v) is 21.9. The number of aromatic hydroxyl groups is 2. The molecule has 4 aromatic carbocycles. The van der Waals surface area contributed by atoms with E-state index in [1.165, 1.54) is 27.4 Å². The van der Waals surface area contributed by atoms with Gasteiger partial charge in [-0.2, -0.15) is 0 Å². The molecular formula is C49H52N4O13. The largest absolute Gasteiger partial charge is 0.508 e. The second-order valence-corrected chi connectivity index (χ2v) is 17.0. The van der Waals surface area contributed by atoms with Crippen molar-refractivity contribution < 1.29 is 62.3 Å². The van der Waals surface area contributed by atoms with Gasteiger partial charge in [0.2, 0.25) is 12.5 Å². The Bertz CT molecular complexity index is 2650. The average molecular weight is 905 g/mol. The third-order valence-corrected chi connectivity index (χ3v) is 12.9. The first kappa shape index (κ1) is 44.1. The summed E-state index contributed by atoms with van der Waals surface area (Å²) in [4.78, 5) is 44.9. The van der Waals surface area contributed by atoms with Crippen LogP contribution in [0.3, 0.4) is 0 Å². The summed E-state index contributed by atoms with van der Waals surface area (Å²) in [6, 6.07) is 18.0. The number of piperazine rings is 1. The van der Waals surface area contributed by atoms with Crippen LogP contribution < -0.4 is 29.0 Å². The van der Waals surface area contributed by atoms with Crippen LogP contribution in [0.25, 0.3) is 22.5 Å². The summed E-state index contributed by atoms with van der Waals surface area (Å²) >= 11 is 0. The predicted octanol–water partition coefficient (Wildman–Crippen LogP) is 6.98. The van der Waals surface area contributed by atoms with Crippen LogP contribution >= 0.6 is 0 Å². The number of nitrogens with one attached hydrogen (secondary N) is 1. The highest BCUT2D eigenvalue weighted by molar-refractivity contribution is 6.02. The van der Waals surface area contributed by atoms with Crippen LogP contribution in [-0.4, -0.2) is 111 Å². The minimum Gasteiger partial charge on any atom is -0.508 e. The van der Waals surface area contributed by atoms with Crippen molar-refractivity contribution >= 4 is 18.0 Å². The molecule has 4 atom stereocenters. The van der Waals surface area contributed by atoms with Gasteiger partial charge in [-0.15, -0.1) is 0 Å². The molecule has 3 aliphatic heterocycles. The number of carbonyl (C=O) groups is 3. The molecule has 66 heavy (non-hydrogen) atoms. The third-order valence-electron chi connectivity index (χ3n) is 12.9. The van der Waals surface area contributed by atoms with E-state index in [4.69, 9.17) is 37.7 Å². The number of amides is 2. The number of phenols is 2. The zero-order chi connectivity index (χ0) is 46.4. The van der Waals surface area contributed by atoms with Gasteiger partial charge in [0.25, 0.3) is 5.91 Å². The zero-order valence-electron chi connectivity index (χ0n) is 37.5. The van der Waals surface area contributed by atoms with Crippen molar-refractivity contribution in [3.8, 4) is 62.7 Å². The number of hydrogen-bond acceptors (Lipinski definition) is 15. The Hall–Kier alpha value is -7.14. The molecule has 4 aliphatic rings. The topological polar surface area (TPSA) is 201 Å². The van der Waals surface area contributed by atoms with Gasteiger partial charge in [-0.25, -0.2) is 4.79 Å². The van der Waals surface area contributed by atoms with Gasteiger partial charge in [0.1, 0.15) is 17.6 Å². The van der Waals surface area contributed by atoms with E-state index in [9.17, 15) is 24.6 Å². The summed E-state index contributed by atoms with van der Waals surface area (Å²) in [6.45, 7) is 8.68. The summed E-state index contributed by atoms with van der Waals surface area (Å²) < 4.78 is 46.4. The number of hydrogen-bond donors (Lipinski definition) is 3. The summed E-state index contributed by atoms with van der Waals surface area (Å²) in [6.07, 6.45) is -1.31. The first-order valence-electron chi connectivity index (χ1n) is 21.9. The molecule has 9 rings (SSSR count). The number of phenolic OH excluding ortho intramolecular Hbond substituents is 2. The van der Waals surface area contributed by atoms with Crippen LogP contribution in [0.2, 0.25) is 0 Å². The molecule has 1 aliphatic carbocycles. The predicted molar refractivity (Wildman–Crippen MR) is 237 cm³/mol. The van der Waals surface area contributed by atoms with Crippen LogP contribution in [0.15, 0.2) is 65.2 Å². The second-order valence-electron chi connectivity index (χ2n) is 17.0. The molecule has 0 spiro atoms. The number of esters is 1. The van der Waals surface area contributed by atoms with E-state index in [2.05, 4.69) is 15.4 Å². The van der Waals surface area contributed by atoms with Crippen molar-refractivity contribution in [2.45, 2.75) is 45.3 Å². The molecule has 4 heterocycles. The number of methoxy groups -OCH3 is 3. The SMILES string of the molecule is CCNC(=O)c1noc(-c2cc(C(C)C)c(O)cc2O)c1-c1ccc(CN2CCN(C(=O)O[C@@H]3c4cc5c(cc4[C@@H](c4cc(OC)c(OC)c(OC)c4)[C@H]4C(=O)OC[C@@H]43)OCO5)CC2)cc1. The van der Waals surface area contributed by atoms with Gasteiger partial charge in [-0.3, -0.25) is 14.5 Å². The monoisotopic (exact) mass is 904 g/mol. The van der Waals surface area contributed by atoms with E-state index < -0.39 is 41.8 Å². The maximum absolute atomic E-state index is 14.1. The van der Waals surface area contributed by atoms with Crippen LogP contribution in [-0.2, 0) is 20.8 Å². The molecule has 17 heteroatoms. The van der Waals surface area contributed by atoms with Crippen LogP contribution in [0.5, 0.6) is 40.2 Å². The van der Waals surface area contributed by atoms with Crippen molar-refractivity contribution in [3.05, 3.63) is 94.2 Å². The zero-order valence-corrected chi connectivity index (χ0v) is 37.5. The molecule has 2 saturated heterocycles. The van der Waals surface area contributed by atoms with Crippen LogP contribution in [0.1, 0.15) is 77.0 Å². The lowest BCUT2D eigenvalue weighted by Gasteiger charge is -2.40. The number of benzene rings is 4. The fraction of sp³-hybridized carbons (Fsp3) is 0.388. The van der Waals surface area contributed by atoms with Crippen molar-refractivity contribution in [2.75, 3.05) is 67.5 Å². The van der Waals surface area contributed by atoms with E-state index in [-0.39, 0.29) is 42.3 Å². The smallest absolute Gasteiger partial charge is 0.410 e. The average Bonchev–Trinajstić information content (AvgIpc) is 4.07. The number of carbonyl (C=O) groups excluding carboxylic acids is 3. The van der Waals surface area contributed by atoms with E-state index in [1.807, 2.05) is 69.3 Å². The third kappa shape index (κ3) is 7.90. The van der Waals surface area contributed by atoms with Gasteiger partial charge in [0, 0.05) is 62.7 Å². The molecule has 0 radical (unpaired) electrons. The first-order chi connectivity index (χ1) is 31.9. The second kappa shape index (κ2) is 18.0. The van der Waals surface area contributed by atoms with Crippen molar-refractivity contribution in [3.63, 3.8) is 0 Å². The molecule has 0 bridgehead atoms. The quantitative estimate of drug-likeness (QED) is 0.108. The van der Waals surface area contributed by atoms with Crippen molar-refractivity contribution in [2.24, 2.45) is 11.8 Å². The molecule has 0 unspecified atom stereocenters. The summed E-state index contributed by atoms with van der Waals surface area (Å²) in [5.74, 6) is -0.316. The van der Waals surface area contributed by atoms with Gasteiger partial charge in [0.05, 0.1) is 45.0 Å². The number of aromatic nitrogens is 1. The minimum absolute atomic E-state index is 0.0357. The highest BCUT2D eigenvalue weighted by atomic mass is 16.7. The maximum Gasteiger partial charge on any atom is 0.410 e. The molecule has 2 fully saturated rings. The molecule has 5 aromatic rings. The fourth-order valence-electron chi connectivity index (χ4n) is 9.63. The molecular weight excluding hydrogens is 853 g/mol. The van der Waals surface area contributed by atoms with Gasteiger partial charge >= 0.3 is 12.1 Å². The summed E-state index contributed by atoms with van der Waals surface area (Å²) in [5, 5.41) is 28.3. The number of ether oxygens (including phenoxy) is 7. The van der Waals surface area contributed by atoms with Gasteiger partial charge in [0.15, 0.2) is 34.5 Å². The Balaban J connectivity index is 0.920. The molecule has 1 aromatic heterocycles. The molecule has 2 amide bonds. The van der Waals surface area contributed by atoms with E-state index >= 15 is 0 Å². The lowest BCUT2D eigenvalue weighted by molar-refractivity contribution is -0.141. The number of fused-ring (bicyclic) bond motifs is 3. The Morgan fingerprint density at radius 3 is 2.18 bits per heavy atom. The number of nitrogens with zero attached hydrogens (tertiary/aromatic N) is 3. The molecule has 17 nitrogen and oxygen atoms in total. The Morgan fingerprint density at radius 1 is 0.864 bits per heavy atom. The molecule has 3 N–H and O–H groups in total. The van der Waals surface area contributed by atoms with Gasteiger partial charge in [-0.05, 0) is 71.0 Å². The number of cyclic esters (lactones) is 1. The lowest BCUT2D eigenvalue weighted by atomic mass is 9.66. The highest BCUT2D eigenvalue weighted by Gasteiger charge is 2.54. The van der Waals surface area contributed by atoms with E-state index in [0.717, 1.165) is 16.7 Å². The Morgan fingerprint density at radius 2 is 1.55 bits per heavy atom. The fourth-order valence-corrected chi connectivity index (χ4v) is 9.63. The number of rotatable bonds is 12. The molecule has 0 saturated carbocycles. The van der Waals surface area contributed by atoms with E-state index in [1.54, 1.807) is 11.0 Å². The van der Waals surface area contributed by atoms with E-state index in [0.29, 0.717) is 95.8 Å². The van der Waals surface area contributed by atoms with Crippen molar-refractivity contribution in [1.29, 1.82) is 0 Å². The lowest BCUT2D eigenvalue weighted by Crippen LogP contribution is -2.49. The van der Waals surface area contributed by atoms with Crippen LogP contribution in [0, 0.1) is 11.8 Å². The van der Waals surface area contributed by atoms with Gasteiger partial charge < -0.3 is 58.1 Å². The highest BCUT2D eigenvalue weighted by Crippen LogP contribution is 2.57. The summed E-state index contributed by atoms with van der Waals surface area (Å²) in [7, 11) is 4.60. The minimum atomic E-state index is -0.817. The molecule has 346 valence electrons. The Labute approximate surface area is 381 Å². The standard InChI is InChI=1S/C49H52N4O13/c1-7-50-47(56)43-41(45(66-51-43)32-18-29(25(2)3)34(54)21-35(32)55)27-10-8-26(9-11-27)22-52-12-14-53(15-13-52)49(58)65-44-31-20-37-36(63-24-64-37)19-30(31)40(42-33(44)23-62-48(42)57)28-16-38(59-4)46(61-6)39(17-28)60-5/h8-11,16-21,25,33,40,42,44,54-55H,7,12-15,22-24H2,1-6H3,(H,50,56)/t33-,40+,42-,44+/m0/s1. The van der Waals surface area contributed by atoms with Crippen LogP contribution in [0.4, 0.5) is 4.79 Å². The van der Waals surface area contributed by atoms with Crippen molar-refractivity contribution in [1.82, 2.24) is 20.3 Å². The normalized spacial score (nSPS) is 19.8. The maximum atomic E-state index is 14.1. The Kier molecular flexibility index (Phi) is 12.0.